The van der Waals surface area contributed by atoms with Crippen LogP contribution in [0.2, 0.25) is 0 Å². The maximum absolute atomic E-state index is 12.8. The zero-order chi connectivity index (χ0) is 23.3. The minimum atomic E-state index is -0.552. The van der Waals surface area contributed by atoms with E-state index in [1.807, 2.05) is 0 Å². The first kappa shape index (κ1) is 22.6. The van der Waals surface area contributed by atoms with Gasteiger partial charge in [0.25, 0.3) is 0 Å². The molecule has 1 aromatic heterocycles. The number of methoxy groups -OCH3 is 1. The first-order valence-electron chi connectivity index (χ1n) is 9.71. The number of carbonyl (C=O) groups excluding carboxylic acids is 4. The second-order valence-electron chi connectivity index (χ2n) is 6.92. The first-order valence-corrected chi connectivity index (χ1v) is 9.71. The highest BCUT2D eigenvalue weighted by molar-refractivity contribution is 6.09. The summed E-state index contributed by atoms with van der Waals surface area (Å²) < 4.78 is 14.9. The fourth-order valence-corrected chi connectivity index (χ4v) is 3.03. The van der Waals surface area contributed by atoms with Crippen molar-refractivity contribution in [2.75, 3.05) is 20.3 Å². The van der Waals surface area contributed by atoms with Gasteiger partial charge in [0.2, 0.25) is 5.78 Å². The van der Waals surface area contributed by atoms with E-state index in [0.717, 1.165) is 0 Å². The average Bonchev–Trinajstić information content (AvgIpc) is 2.79. The molecule has 0 radical (unpaired) electrons. The molecule has 3 rings (SSSR count). The normalized spacial score (nSPS) is 10.5. The van der Waals surface area contributed by atoms with Gasteiger partial charge in [-0.25, -0.2) is 4.98 Å². The topological polar surface area (TPSA) is 109 Å². The van der Waals surface area contributed by atoms with Gasteiger partial charge in [-0.3, -0.25) is 19.2 Å². The molecule has 1 heterocycles. The summed E-state index contributed by atoms with van der Waals surface area (Å²) in [5.74, 6) is -1.23. The standard InChI is InChI=1S/C24H21NO7/c1-14(26)31-12-23(28)17-6-4-16(5-7-17)22-11-20(24(29)13-32-15(2)27)19-10-18(30-3)8-9-21(19)25-22/h4-11H,12-13H2,1-3H3. The van der Waals surface area contributed by atoms with Gasteiger partial charge in [0, 0.05) is 35.9 Å². The molecular weight excluding hydrogens is 414 g/mol. The number of pyridine rings is 1. The smallest absolute Gasteiger partial charge is 0.303 e. The fraction of sp³-hybridized carbons (Fsp3) is 0.208. The van der Waals surface area contributed by atoms with Crippen LogP contribution in [0.4, 0.5) is 0 Å². The number of esters is 2. The van der Waals surface area contributed by atoms with Gasteiger partial charge in [0.1, 0.15) is 5.75 Å². The minimum Gasteiger partial charge on any atom is -0.497 e. The summed E-state index contributed by atoms with van der Waals surface area (Å²) in [5.41, 5.74) is 2.46. The average molecular weight is 435 g/mol. The van der Waals surface area contributed by atoms with E-state index in [9.17, 15) is 19.2 Å². The van der Waals surface area contributed by atoms with E-state index in [0.29, 0.717) is 39.0 Å². The fourth-order valence-electron chi connectivity index (χ4n) is 3.03. The highest BCUT2D eigenvalue weighted by Crippen LogP contribution is 2.28. The number of fused-ring (bicyclic) bond motifs is 1. The van der Waals surface area contributed by atoms with E-state index in [-0.39, 0.29) is 18.2 Å². The number of hydrogen-bond donors (Lipinski definition) is 0. The van der Waals surface area contributed by atoms with E-state index in [1.165, 1.54) is 21.0 Å². The first-order chi connectivity index (χ1) is 15.3. The van der Waals surface area contributed by atoms with Crippen molar-refractivity contribution in [2.45, 2.75) is 13.8 Å². The van der Waals surface area contributed by atoms with Crippen LogP contribution in [0.25, 0.3) is 22.2 Å². The van der Waals surface area contributed by atoms with Crippen LogP contribution in [-0.4, -0.2) is 48.8 Å². The van der Waals surface area contributed by atoms with Crippen LogP contribution in [0.5, 0.6) is 5.75 Å². The van der Waals surface area contributed by atoms with Crippen molar-refractivity contribution < 1.29 is 33.4 Å². The molecule has 0 saturated carbocycles. The molecule has 0 aliphatic rings. The Kier molecular flexibility index (Phi) is 6.94. The van der Waals surface area contributed by atoms with Crippen molar-refractivity contribution >= 4 is 34.4 Å². The van der Waals surface area contributed by atoms with E-state index in [1.54, 1.807) is 48.5 Å². The van der Waals surface area contributed by atoms with Crippen molar-refractivity contribution in [3.63, 3.8) is 0 Å². The Morgan fingerprint density at radius 2 is 1.44 bits per heavy atom. The number of hydrogen-bond acceptors (Lipinski definition) is 8. The molecule has 0 atom stereocenters. The summed E-state index contributed by atoms with van der Waals surface area (Å²) in [7, 11) is 1.52. The third kappa shape index (κ3) is 5.34. The molecule has 8 heteroatoms. The molecule has 2 aromatic carbocycles. The van der Waals surface area contributed by atoms with Gasteiger partial charge in [0.05, 0.1) is 18.3 Å². The molecule has 0 aliphatic heterocycles. The van der Waals surface area contributed by atoms with E-state index in [4.69, 9.17) is 14.2 Å². The van der Waals surface area contributed by atoms with Gasteiger partial charge >= 0.3 is 11.9 Å². The lowest BCUT2D eigenvalue weighted by Gasteiger charge is -2.11. The molecule has 0 aliphatic carbocycles. The van der Waals surface area contributed by atoms with Gasteiger partial charge in [-0.1, -0.05) is 24.3 Å². The molecule has 0 saturated heterocycles. The predicted molar refractivity (Wildman–Crippen MR) is 116 cm³/mol. The van der Waals surface area contributed by atoms with Crippen molar-refractivity contribution in [2.24, 2.45) is 0 Å². The third-order valence-electron chi connectivity index (χ3n) is 4.63. The van der Waals surface area contributed by atoms with Gasteiger partial charge < -0.3 is 14.2 Å². The molecule has 0 unspecified atom stereocenters. The van der Waals surface area contributed by atoms with Crippen LogP contribution in [0.1, 0.15) is 34.6 Å². The number of benzene rings is 2. The zero-order valence-electron chi connectivity index (χ0n) is 17.8. The molecule has 32 heavy (non-hydrogen) atoms. The second-order valence-corrected chi connectivity index (χ2v) is 6.92. The molecule has 0 fully saturated rings. The summed E-state index contributed by atoms with van der Waals surface area (Å²) in [6.07, 6.45) is 0. The molecular formula is C24H21NO7. The van der Waals surface area contributed by atoms with Crippen molar-refractivity contribution in [1.82, 2.24) is 4.98 Å². The Hall–Kier alpha value is -4.07. The quantitative estimate of drug-likeness (QED) is 0.391. The molecule has 0 bridgehead atoms. The molecule has 164 valence electrons. The summed E-state index contributed by atoms with van der Waals surface area (Å²) in [6.45, 7) is 1.74. The van der Waals surface area contributed by atoms with Crippen molar-refractivity contribution in [3.05, 3.63) is 59.7 Å². The summed E-state index contributed by atoms with van der Waals surface area (Å²) >= 11 is 0. The van der Waals surface area contributed by atoms with Crippen LogP contribution < -0.4 is 4.74 Å². The van der Waals surface area contributed by atoms with Gasteiger partial charge in [-0.2, -0.15) is 0 Å². The summed E-state index contributed by atoms with van der Waals surface area (Å²) in [6, 6.07) is 13.4. The van der Waals surface area contributed by atoms with Crippen LogP contribution in [0.15, 0.2) is 48.5 Å². The largest absolute Gasteiger partial charge is 0.497 e. The van der Waals surface area contributed by atoms with Gasteiger partial charge in [-0.15, -0.1) is 0 Å². The number of aromatic nitrogens is 1. The molecule has 0 spiro atoms. The van der Waals surface area contributed by atoms with Gasteiger partial charge in [0.15, 0.2) is 19.0 Å². The lowest BCUT2D eigenvalue weighted by molar-refractivity contribution is -0.140. The molecule has 0 amide bonds. The zero-order valence-corrected chi connectivity index (χ0v) is 17.8. The Morgan fingerprint density at radius 1 is 0.812 bits per heavy atom. The Morgan fingerprint density at radius 3 is 2.03 bits per heavy atom. The van der Waals surface area contributed by atoms with E-state index >= 15 is 0 Å². The maximum Gasteiger partial charge on any atom is 0.303 e. The van der Waals surface area contributed by atoms with Gasteiger partial charge in [-0.05, 0) is 24.3 Å². The number of Topliss-reactive ketones (excluding diaryl/α,β-unsaturated/α-hetero) is 2. The third-order valence-corrected chi connectivity index (χ3v) is 4.63. The lowest BCUT2D eigenvalue weighted by Crippen LogP contribution is -2.13. The highest BCUT2D eigenvalue weighted by Gasteiger charge is 2.16. The lowest BCUT2D eigenvalue weighted by atomic mass is 10.00. The van der Waals surface area contributed by atoms with Crippen LogP contribution in [0, 0.1) is 0 Å². The Bertz CT molecular complexity index is 1200. The second kappa shape index (κ2) is 9.82. The van der Waals surface area contributed by atoms with Crippen LogP contribution >= 0.6 is 0 Å². The molecule has 3 aromatic rings. The molecule has 0 N–H and O–H groups in total. The van der Waals surface area contributed by atoms with E-state index in [2.05, 4.69) is 4.98 Å². The SMILES string of the molecule is COc1ccc2nc(-c3ccc(C(=O)COC(C)=O)cc3)cc(C(=O)COC(C)=O)c2c1. The maximum atomic E-state index is 12.8. The Labute approximate surface area is 184 Å². The van der Waals surface area contributed by atoms with Crippen LogP contribution in [0.3, 0.4) is 0 Å². The highest BCUT2D eigenvalue weighted by atomic mass is 16.5. The number of ketones is 2. The minimum absolute atomic E-state index is 0.331. The number of rotatable bonds is 8. The number of carbonyl (C=O) groups is 4. The predicted octanol–water partition coefficient (Wildman–Crippen LogP) is 3.40. The monoisotopic (exact) mass is 435 g/mol. The number of nitrogens with zero attached hydrogens (tertiary/aromatic N) is 1. The van der Waals surface area contributed by atoms with Crippen molar-refractivity contribution in [1.29, 1.82) is 0 Å². The van der Waals surface area contributed by atoms with Crippen molar-refractivity contribution in [3.8, 4) is 17.0 Å². The summed E-state index contributed by atoms with van der Waals surface area (Å²) in [4.78, 5) is 51.6. The Balaban J connectivity index is 1.99. The summed E-state index contributed by atoms with van der Waals surface area (Å²) in [5, 5.41) is 0.568. The number of ether oxygens (including phenoxy) is 3. The van der Waals surface area contributed by atoms with E-state index < -0.39 is 18.5 Å². The molecule has 8 nitrogen and oxygen atoms in total. The van der Waals surface area contributed by atoms with Crippen LogP contribution in [-0.2, 0) is 19.1 Å².